The Bertz CT molecular complexity index is 878. The van der Waals surface area contributed by atoms with Crippen LogP contribution in [0.3, 0.4) is 0 Å². The van der Waals surface area contributed by atoms with E-state index >= 15 is 0 Å². The molecule has 1 aliphatic heterocycles. The van der Waals surface area contributed by atoms with Crippen molar-refractivity contribution in [1.29, 1.82) is 0 Å². The van der Waals surface area contributed by atoms with Gasteiger partial charge in [-0.1, -0.05) is 37.3 Å². The third-order valence-corrected chi connectivity index (χ3v) is 5.62. The number of fused-ring (bicyclic) bond motifs is 1. The highest BCUT2D eigenvalue weighted by molar-refractivity contribution is 6.28. The van der Waals surface area contributed by atoms with Crippen molar-refractivity contribution in [2.45, 2.75) is 25.9 Å². The normalized spacial score (nSPS) is 21.2. The molecule has 1 fully saturated rings. The summed E-state index contributed by atoms with van der Waals surface area (Å²) in [4.78, 5) is 16.8. The smallest absolute Gasteiger partial charge is 0.226 e. The predicted molar refractivity (Wildman–Crippen MR) is 107 cm³/mol. The Morgan fingerprint density at radius 1 is 1.23 bits per heavy atom. The number of likely N-dealkylation sites (tertiary alicyclic amines) is 1. The zero-order valence-electron chi connectivity index (χ0n) is 15.2. The topological polar surface area (TPSA) is 48.1 Å². The maximum atomic E-state index is 6.16. The SMILES string of the molecule is C[C@@H]1CCN(Cc2ccccc2)CC1N(C)c1nc(Cl)nc2[nH]ccc12. The molecule has 1 unspecified atom stereocenters. The number of nitrogens with one attached hydrogen (secondary N) is 1. The van der Waals surface area contributed by atoms with Crippen molar-refractivity contribution in [2.75, 3.05) is 25.0 Å². The Kier molecular flexibility index (Phi) is 4.83. The summed E-state index contributed by atoms with van der Waals surface area (Å²) in [6, 6.07) is 13.1. The molecule has 0 saturated carbocycles. The van der Waals surface area contributed by atoms with Gasteiger partial charge >= 0.3 is 0 Å². The molecule has 0 aliphatic carbocycles. The zero-order chi connectivity index (χ0) is 18.1. The number of rotatable bonds is 4. The lowest BCUT2D eigenvalue weighted by molar-refractivity contribution is 0.159. The summed E-state index contributed by atoms with van der Waals surface area (Å²) in [5.74, 6) is 1.49. The van der Waals surface area contributed by atoms with Gasteiger partial charge in [0.25, 0.3) is 0 Å². The van der Waals surface area contributed by atoms with Crippen LogP contribution in [0.2, 0.25) is 5.28 Å². The largest absolute Gasteiger partial charge is 0.354 e. The lowest BCUT2D eigenvalue weighted by Crippen LogP contribution is -2.50. The molecule has 3 heterocycles. The van der Waals surface area contributed by atoms with Crippen molar-refractivity contribution >= 4 is 28.5 Å². The van der Waals surface area contributed by atoms with Gasteiger partial charge < -0.3 is 9.88 Å². The van der Waals surface area contributed by atoms with Gasteiger partial charge in [0.05, 0.1) is 5.39 Å². The molecule has 1 saturated heterocycles. The number of hydrogen-bond acceptors (Lipinski definition) is 4. The number of likely N-dealkylation sites (N-methyl/N-ethyl adjacent to an activating group) is 1. The minimum absolute atomic E-state index is 0.284. The summed E-state index contributed by atoms with van der Waals surface area (Å²) >= 11 is 6.16. The van der Waals surface area contributed by atoms with E-state index in [9.17, 15) is 0 Å². The maximum Gasteiger partial charge on any atom is 0.226 e. The van der Waals surface area contributed by atoms with E-state index in [-0.39, 0.29) is 5.28 Å². The van der Waals surface area contributed by atoms with Crippen molar-refractivity contribution in [3.05, 3.63) is 53.4 Å². The second kappa shape index (κ2) is 7.25. The molecule has 2 atom stereocenters. The summed E-state index contributed by atoms with van der Waals surface area (Å²) in [7, 11) is 2.12. The molecule has 3 aromatic rings. The molecule has 2 aromatic heterocycles. The van der Waals surface area contributed by atoms with Gasteiger partial charge in [-0.25, -0.2) is 0 Å². The Morgan fingerprint density at radius 2 is 2.04 bits per heavy atom. The second-order valence-electron chi connectivity index (χ2n) is 7.22. The first-order valence-corrected chi connectivity index (χ1v) is 9.49. The van der Waals surface area contributed by atoms with E-state index in [4.69, 9.17) is 11.6 Å². The van der Waals surface area contributed by atoms with Crippen LogP contribution < -0.4 is 4.90 Å². The standard InChI is InChI=1S/C20H24ClN5/c1-14-9-11-26(12-15-6-4-3-5-7-15)13-17(14)25(2)19-16-8-10-22-18(16)23-20(21)24-19/h3-8,10,14,17H,9,11-13H2,1-2H3,(H,22,23,24)/t14-,17?/m1/s1. The molecule has 5 nitrogen and oxygen atoms in total. The number of H-pyrrole nitrogens is 1. The van der Waals surface area contributed by atoms with Crippen LogP contribution in [0.1, 0.15) is 18.9 Å². The van der Waals surface area contributed by atoms with E-state index in [1.54, 1.807) is 0 Å². The molecule has 0 amide bonds. The average molecular weight is 370 g/mol. The molecule has 1 aromatic carbocycles. The van der Waals surface area contributed by atoms with Crippen LogP contribution in [0.5, 0.6) is 0 Å². The molecular weight excluding hydrogens is 346 g/mol. The summed E-state index contributed by atoms with van der Waals surface area (Å²) in [5.41, 5.74) is 2.15. The summed E-state index contributed by atoms with van der Waals surface area (Å²) in [6.45, 7) is 5.46. The fraction of sp³-hybridized carbons (Fsp3) is 0.400. The highest BCUT2D eigenvalue weighted by Crippen LogP contribution is 2.30. The Labute approximate surface area is 159 Å². The van der Waals surface area contributed by atoms with Gasteiger partial charge in [-0.15, -0.1) is 0 Å². The number of hydrogen-bond donors (Lipinski definition) is 1. The van der Waals surface area contributed by atoms with Gasteiger partial charge in [-0.05, 0) is 42.1 Å². The quantitative estimate of drug-likeness (QED) is 0.707. The van der Waals surface area contributed by atoms with E-state index in [2.05, 4.69) is 69.1 Å². The predicted octanol–water partition coefficient (Wildman–Crippen LogP) is 3.96. The molecule has 0 bridgehead atoms. The molecule has 4 rings (SSSR count). The van der Waals surface area contributed by atoms with E-state index < -0.39 is 0 Å². The van der Waals surface area contributed by atoms with Crippen LogP contribution in [0.4, 0.5) is 5.82 Å². The first-order valence-electron chi connectivity index (χ1n) is 9.11. The average Bonchev–Trinajstić information content (AvgIpc) is 3.11. The Balaban J connectivity index is 1.57. The van der Waals surface area contributed by atoms with Gasteiger partial charge in [0.15, 0.2) is 0 Å². The van der Waals surface area contributed by atoms with Crippen molar-refractivity contribution in [3.63, 3.8) is 0 Å². The summed E-state index contributed by atoms with van der Waals surface area (Å²) < 4.78 is 0. The molecule has 1 aliphatic rings. The summed E-state index contributed by atoms with van der Waals surface area (Å²) in [5, 5.41) is 1.30. The number of halogens is 1. The monoisotopic (exact) mass is 369 g/mol. The minimum Gasteiger partial charge on any atom is -0.354 e. The van der Waals surface area contributed by atoms with E-state index in [0.29, 0.717) is 12.0 Å². The third kappa shape index (κ3) is 3.41. The van der Waals surface area contributed by atoms with Crippen molar-refractivity contribution < 1.29 is 0 Å². The first kappa shape index (κ1) is 17.3. The Hall–Kier alpha value is -2.11. The number of piperidine rings is 1. The van der Waals surface area contributed by atoms with Crippen LogP contribution in [0.25, 0.3) is 11.0 Å². The number of aromatic amines is 1. The van der Waals surface area contributed by atoms with E-state index in [1.807, 2.05) is 12.3 Å². The van der Waals surface area contributed by atoms with Crippen LogP contribution in [-0.2, 0) is 6.54 Å². The van der Waals surface area contributed by atoms with E-state index in [1.165, 1.54) is 12.0 Å². The third-order valence-electron chi connectivity index (χ3n) is 5.45. The first-order chi connectivity index (χ1) is 12.6. The fourth-order valence-corrected chi connectivity index (χ4v) is 4.09. The van der Waals surface area contributed by atoms with E-state index in [0.717, 1.165) is 36.5 Å². The van der Waals surface area contributed by atoms with Crippen LogP contribution in [0.15, 0.2) is 42.6 Å². The Morgan fingerprint density at radius 3 is 2.85 bits per heavy atom. The van der Waals surface area contributed by atoms with Crippen LogP contribution >= 0.6 is 11.6 Å². The highest BCUT2D eigenvalue weighted by atomic mass is 35.5. The molecule has 0 radical (unpaired) electrons. The van der Waals surface area contributed by atoms with Gasteiger partial charge in [0.2, 0.25) is 5.28 Å². The summed E-state index contributed by atoms with van der Waals surface area (Å²) in [6.07, 6.45) is 3.07. The fourth-order valence-electron chi connectivity index (χ4n) is 3.93. The maximum absolute atomic E-state index is 6.16. The zero-order valence-corrected chi connectivity index (χ0v) is 15.9. The molecule has 6 heteroatoms. The van der Waals surface area contributed by atoms with Crippen molar-refractivity contribution in [3.8, 4) is 0 Å². The number of anilines is 1. The number of aromatic nitrogens is 3. The van der Waals surface area contributed by atoms with Crippen LogP contribution in [-0.4, -0.2) is 46.0 Å². The highest BCUT2D eigenvalue weighted by Gasteiger charge is 2.31. The van der Waals surface area contributed by atoms with Crippen LogP contribution in [0, 0.1) is 5.92 Å². The van der Waals surface area contributed by atoms with Gasteiger partial charge in [0, 0.05) is 32.4 Å². The van der Waals surface area contributed by atoms with Gasteiger partial charge in [-0.3, -0.25) is 4.90 Å². The van der Waals surface area contributed by atoms with Gasteiger partial charge in [0.1, 0.15) is 11.5 Å². The second-order valence-corrected chi connectivity index (χ2v) is 7.56. The van der Waals surface area contributed by atoms with Crippen molar-refractivity contribution in [1.82, 2.24) is 19.9 Å². The minimum atomic E-state index is 0.284. The molecule has 136 valence electrons. The number of benzene rings is 1. The molecule has 26 heavy (non-hydrogen) atoms. The lowest BCUT2D eigenvalue weighted by Gasteiger charge is -2.42. The van der Waals surface area contributed by atoms with Gasteiger partial charge in [-0.2, -0.15) is 9.97 Å². The van der Waals surface area contributed by atoms with Crippen molar-refractivity contribution in [2.24, 2.45) is 5.92 Å². The molecular formula is C20H24ClN5. The molecule has 1 N–H and O–H groups in total. The lowest BCUT2D eigenvalue weighted by atomic mass is 9.92. The number of nitrogens with zero attached hydrogens (tertiary/aromatic N) is 4. The molecule has 0 spiro atoms.